The molecular formula is C37H48N2O13. The molecule has 1 aromatic heterocycles. The van der Waals surface area contributed by atoms with Crippen LogP contribution in [0, 0.1) is 24.7 Å². The number of aryl methyl sites for hydroxylation is 1. The van der Waals surface area contributed by atoms with Crippen LogP contribution in [0.15, 0.2) is 59.2 Å². The fraction of sp³-hybridized carbons (Fsp3) is 0.568. The van der Waals surface area contributed by atoms with Crippen LogP contribution in [0.25, 0.3) is 0 Å². The van der Waals surface area contributed by atoms with E-state index in [-0.39, 0.29) is 24.1 Å². The Morgan fingerprint density at radius 3 is 2.33 bits per heavy atom. The van der Waals surface area contributed by atoms with Gasteiger partial charge in [0.05, 0.1) is 0 Å². The number of benzene rings is 1. The molecule has 2 aromatic rings. The lowest BCUT2D eigenvalue weighted by Crippen LogP contribution is -2.74. The molecule has 4 rings (SSSR count). The van der Waals surface area contributed by atoms with Crippen LogP contribution in [0.4, 0.5) is 0 Å². The zero-order valence-electron chi connectivity index (χ0n) is 30.2. The van der Waals surface area contributed by atoms with Crippen LogP contribution < -0.4 is 0 Å². The third-order valence-electron chi connectivity index (χ3n) is 9.83. The van der Waals surface area contributed by atoms with Crippen LogP contribution in [0.3, 0.4) is 0 Å². The summed E-state index contributed by atoms with van der Waals surface area (Å²) < 4.78 is 28.3. The van der Waals surface area contributed by atoms with E-state index in [2.05, 4.69) is 16.7 Å². The molecule has 284 valence electrons. The maximum Gasteiger partial charge on any atom is 0.344 e. The second-order valence-corrected chi connectivity index (χ2v) is 13.9. The molecule has 0 spiro atoms. The van der Waals surface area contributed by atoms with Crippen molar-refractivity contribution in [2.24, 2.45) is 17.8 Å². The molecule has 4 N–H and O–H groups in total. The van der Waals surface area contributed by atoms with Crippen molar-refractivity contribution in [3.8, 4) is 0 Å². The lowest BCUT2D eigenvalue weighted by Gasteiger charge is -2.49. The van der Waals surface area contributed by atoms with Crippen LogP contribution in [0.5, 0.6) is 0 Å². The Morgan fingerprint density at radius 1 is 1.10 bits per heavy atom. The summed E-state index contributed by atoms with van der Waals surface area (Å²) in [5.74, 6) is -9.09. The highest BCUT2D eigenvalue weighted by Crippen LogP contribution is 2.59. The van der Waals surface area contributed by atoms with Crippen molar-refractivity contribution < 1.29 is 63.1 Å². The van der Waals surface area contributed by atoms with Gasteiger partial charge in [0.25, 0.3) is 5.89 Å². The average Bonchev–Trinajstić information content (AvgIpc) is 3.61. The number of carboxylic acid groups (broad SMARTS) is 2. The predicted octanol–water partition coefficient (Wildman–Crippen LogP) is 3.86. The number of aliphatic hydroxyl groups excluding tert-OH is 1. The highest BCUT2D eigenvalue weighted by molar-refractivity contribution is 5.94. The van der Waals surface area contributed by atoms with Gasteiger partial charge in [-0.25, -0.2) is 14.4 Å². The predicted molar refractivity (Wildman–Crippen MR) is 181 cm³/mol. The summed E-state index contributed by atoms with van der Waals surface area (Å²) in [5.41, 5.74) is -5.67. The molecule has 1 aromatic carbocycles. The Labute approximate surface area is 301 Å². The van der Waals surface area contributed by atoms with Gasteiger partial charge in [-0.1, -0.05) is 82.3 Å². The molecule has 10 atom stereocenters. The van der Waals surface area contributed by atoms with E-state index in [0.717, 1.165) is 24.5 Å². The molecule has 52 heavy (non-hydrogen) atoms. The zero-order chi connectivity index (χ0) is 38.6. The van der Waals surface area contributed by atoms with Gasteiger partial charge in [-0.15, -0.1) is 0 Å². The first kappa shape index (κ1) is 40.3. The molecule has 0 amide bonds. The van der Waals surface area contributed by atoms with Crippen molar-refractivity contribution in [2.45, 2.75) is 115 Å². The molecule has 0 unspecified atom stereocenters. The monoisotopic (exact) mass is 728 g/mol. The smallest absolute Gasteiger partial charge is 0.344 e. The van der Waals surface area contributed by atoms with E-state index in [4.69, 9.17) is 23.5 Å². The van der Waals surface area contributed by atoms with Crippen molar-refractivity contribution in [3.05, 3.63) is 71.9 Å². The van der Waals surface area contributed by atoms with Gasteiger partial charge in [0.15, 0.2) is 18.0 Å². The molecule has 2 fully saturated rings. The fourth-order valence-electron chi connectivity index (χ4n) is 7.00. The Kier molecular flexibility index (Phi) is 12.5. The Hall–Kier alpha value is -4.44. The number of fused-ring (bicyclic) bond motifs is 2. The Balaban J connectivity index is 1.75. The summed E-state index contributed by atoms with van der Waals surface area (Å²) in [5, 5.41) is 48.7. The van der Waals surface area contributed by atoms with Gasteiger partial charge in [0.2, 0.25) is 17.0 Å². The van der Waals surface area contributed by atoms with Crippen molar-refractivity contribution in [3.63, 3.8) is 0 Å². The summed E-state index contributed by atoms with van der Waals surface area (Å²) in [6, 6.07) is 9.44. The number of esters is 2. The second kappa shape index (κ2) is 16.1. The van der Waals surface area contributed by atoms with Gasteiger partial charge in [-0.2, -0.15) is 4.98 Å². The number of carbonyl (C=O) groups is 4. The number of carbonyl (C=O) groups excluding carboxylic acids is 2. The summed E-state index contributed by atoms with van der Waals surface area (Å²) in [6.07, 6.45) is -3.48. The van der Waals surface area contributed by atoms with E-state index < -0.39 is 77.6 Å². The molecule has 2 saturated heterocycles. The number of allylic oxidation sites excluding steroid dienone is 1. The van der Waals surface area contributed by atoms with Gasteiger partial charge in [0, 0.05) is 25.3 Å². The second-order valence-electron chi connectivity index (χ2n) is 13.9. The Bertz CT molecular complexity index is 1660. The van der Waals surface area contributed by atoms with Crippen LogP contribution in [0.1, 0.15) is 83.7 Å². The highest BCUT2D eigenvalue weighted by Gasteiger charge is 2.85. The average molecular weight is 729 g/mol. The lowest BCUT2D eigenvalue weighted by molar-refractivity contribution is -0.385. The van der Waals surface area contributed by atoms with Crippen molar-refractivity contribution in [1.82, 2.24) is 10.1 Å². The molecule has 0 radical (unpaired) electrons. The largest absolute Gasteiger partial charge is 0.479 e. The molecule has 3 heterocycles. The molecule has 2 bridgehead atoms. The number of aliphatic carboxylic acids is 2. The van der Waals surface area contributed by atoms with Crippen molar-refractivity contribution in [2.75, 3.05) is 0 Å². The molecule has 0 saturated carbocycles. The normalized spacial score (nSPS) is 29.2. The van der Waals surface area contributed by atoms with Crippen molar-refractivity contribution >= 4 is 23.9 Å². The Morgan fingerprint density at radius 2 is 1.77 bits per heavy atom. The minimum atomic E-state index is -3.60. The summed E-state index contributed by atoms with van der Waals surface area (Å²) in [4.78, 5) is 55.7. The van der Waals surface area contributed by atoms with Crippen LogP contribution in [-0.2, 0) is 44.5 Å². The van der Waals surface area contributed by atoms with Gasteiger partial charge in [0.1, 0.15) is 12.2 Å². The molecular weight excluding hydrogens is 680 g/mol. The van der Waals surface area contributed by atoms with Gasteiger partial charge in [-0.3, -0.25) is 4.79 Å². The first-order valence-corrected chi connectivity index (χ1v) is 17.2. The minimum Gasteiger partial charge on any atom is -0.479 e. The standard InChI is InChI=1S/C37H48N2O13/c1-8-20(2)18-21(3)14-15-27(41)49-30-29(42)35(17-16-22(4)28(48-25(7)40)23(5)19-26-12-10-9-11-13-26)50-31(32-38-24(6)39-51-32)36(47,33(43)44)37(30,52-35)34(45)46/h9-15,20-21,23,28-31,42,47H,4,8,16-19H2,1-3,5-7H3,(H,43,44)(H,45,46)/b15-14+/t20-,21+,23+,28+,29+,30+,31+,35-,36+,37-/m0/s1. The number of carboxylic acids is 2. The summed E-state index contributed by atoms with van der Waals surface area (Å²) in [7, 11) is 0. The number of hydrogen-bond donors (Lipinski definition) is 4. The minimum absolute atomic E-state index is 0.00576. The third-order valence-corrected chi connectivity index (χ3v) is 9.83. The van der Waals surface area contributed by atoms with E-state index in [9.17, 15) is 39.6 Å². The number of hydrogen-bond acceptors (Lipinski definition) is 13. The van der Waals surface area contributed by atoms with Gasteiger partial charge in [-0.05, 0) is 49.2 Å². The number of aliphatic hydroxyl groups is 2. The zero-order valence-corrected chi connectivity index (χ0v) is 30.2. The number of ether oxygens (including phenoxy) is 4. The maximum atomic E-state index is 13.3. The van der Waals surface area contributed by atoms with Crippen molar-refractivity contribution in [1.29, 1.82) is 0 Å². The van der Waals surface area contributed by atoms with E-state index in [0.29, 0.717) is 17.9 Å². The van der Waals surface area contributed by atoms with E-state index in [1.165, 1.54) is 13.8 Å². The third kappa shape index (κ3) is 7.82. The first-order valence-electron chi connectivity index (χ1n) is 17.2. The highest BCUT2D eigenvalue weighted by atomic mass is 16.8. The van der Waals surface area contributed by atoms with E-state index in [1.54, 1.807) is 6.08 Å². The fourth-order valence-corrected chi connectivity index (χ4v) is 7.00. The summed E-state index contributed by atoms with van der Waals surface area (Å²) >= 11 is 0. The number of rotatable bonds is 17. The molecule has 2 aliphatic heterocycles. The quantitative estimate of drug-likeness (QED) is 0.103. The van der Waals surface area contributed by atoms with Crippen LogP contribution in [0.2, 0.25) is 0 Å². The topological polar surface area (TPSA) is 225 Å². The maximum absolute atomic E-state index is 13.3. The van der Waals surface area contributed by atoms with Crippen LogP contribution in [-0.4, -0.2) is 89.7 Å². The van der Waals surface area contributed by atoms with Gasteiger partial charge >= 0.3 is 23.9 Å². The molecule has 15 heteroatoms. The molecule has 0 aliphatic carbocycles. The molecule has 2 aliphatic rings. The van der Waals surface area contributed by atoms with E-state index in [1.807, 2.05) is 58.0 Å². The van der Waals surface area contributed by atoms with E-state index >= 15 is 0 Å². The van der Waals surface area contributed by atoms with Crippen LogP contribution >= 0.6 is 0 Å². The lowest BCUT2D eigenvalue weighted by atomic mass is 9.74. The SMILES string of the molecule is C=C(CC[C@]12O[C@H](c3nc(C)no3)[C@@](O)(C(=O)O)[C@](C(=O)O)(O1)[C@H](OC(=O)/C=C/[C@@H](C)C[C@@H](C)CC)[C@H]2O)[C@@H](OC(C)=O)[C@H](C)Cc1ccccc1. The number of aromatic nitrogens is 2. The first-order chi connectivity index (χ1) is 24.4. The number of nitrogens with zero attached hydrogens (tertiary/aromatic N) is 2. The summed E-state index contributed by atoms with van der Waals surface area (Å²) in [6.45, 7) is 14.6. The molecule has 15 nitrogen and oxygen atoms in total. The van der Waals surface area contributed by atoms with Gasteiger partial charge < -0.3 is 43.9 Å².